The van der Waals surface area contributed by atoms with E-state index in [1.54, 1.807) is 14.2 Å². The second kappa shape index (κ2) is 11.6. The Labute approximate surface area is 189 Å². The van der Waals surface area contributed by atoms with E-state index in [9.17, 15) is 0 Å². The molecule has 3 aromatic rings. The topological polar surface area (TPSA) is 104 Å². The molecule has 8 nitrogen and oxygen atoms in total. The van der Waals surface area contributed by atoms with Gasteiger partial charge in [0.25, 0.3) is 0 Å². The van der Waals surface area contributed by atoms with Crippen LogP contribution in [0.25, 0.3) is 0 Å². The van der Waals surface area contributed by atoms with Crippen LogP contribution >= 0.6 is 0 Å². The lowest BCUT2D eigenvalue weighted by Gasteiger charge is -2.13. The van der Waals surface area contributed by atoms with Gasteiger partial charge in [0, 0.05) is 12.2 Å². The molecule has 0 aliphatic rings. The second-order valence-corrected chi connectivity index (χ2v) is 7.20. The number of unbranched alkanes of at least 4 members (excludes halogenated alkanes) is 1. The van der Waals surface area contributed by atoms with Crippen molar-refractivity contribution >= 4 is 23.0 Å². The maximum Gasteiger partial charge on any atom is 0.160 e. The third kappa shape index (κ3) is 6.16. The fourth-order valence-corrected chi connectivity index (χ4v) is 3.10. The summed E-state index contributed by atoms with van der Waals surface area (Å²) in [5.74, 6) is 3.40. The monoisotopic (exact) mass is 437 g/mol. The summed E-state index contributed by atoms with van der Waals surface area (Å²) in [6.45, 7) is 3.52. The number of anilines is 4. The molecule has 0 fully saturated rings. The average Bonchev–Trinajstić information content (AvgIpc) is 2.82. The van der Waals surface area contributed by atoms with Gasteiger partial charge in [0.05, 0.1) is 20.8 Å². The third-order valence-electron chi connectivity index (χ3n) is 4.92. The number of benzene rings is 2. The zero-order valence-corrected chi connectivity index (χ0v) is 18.9. The van der Waals surface area contributed by atoms with E-state index in [-0.39, 0.29) is 0 Å². The van der Waals surface area contributed by atoms with E-state index >= 15 is 0 Å². The maximum atomic E-state index is 6.29. The molecule has 0 atom stereocenters. The molecule has 4 N–H and O–H groups in total. The number of aromatic nitrogens is 2. The highest BCUT2D eigenvalue weighted by Gasteiger charge is 2.09. The Kier molecular flexibility index (Phi) is 8.36. The highest BCUT2D eigenvalue weighted by Crippen LogP contribution is 2.29. The fraction of sp³-hybridized carbons (Fsp3) is 0.333. The number of nitrogens with two attached hydrogens (primary N) is 1. The molecule has 0 aliphatic heterocycles. The van der Waals surface area contributed by atoms with Crippen molar-refractivity contribution in [3.8, 4) is 17.2 Å². The lowest BCUT2D eigenvalue weighted by molar-refractivity contribution is 0.309. The van der Waals surface area contributed by atoms with Crippen molar-refractivity contribution in [2.24, 2.45) is 0 Å². The molecule has 0 amide bonds. The number of nitrogen functional groups attached to an aromatic ring is 1. The summed E-state index contributed by atoms with van der Waals surface area (Å²) < 4.78 is 16.3. The van der Waals surface area contributed by atoms with Gasteiger partial charge in [-0.2, -0.15) is 0 Å². The van der Waals surface area contributed by atoms with Gasteiger partial charge in [0.1, 0.15) is 17.8 Å². The van der Waals surface area contributed by atoms with Gasteiger partial charge in [0.2, 0.25) is 0 Å². The lowest BCUT2D eigenvalue weighted by atomic mass is 10.1. The summed E-state index contributed by atoms with van der Waals surface area (Å²) in [5.41, 5.74) is 8.74. The molecule has 0 aliphatic carbocycles. The Morgan fingerprint density at radius 2 is 1.69 bits per heavy atom. The summed E-state index contributed by atoms with van der Waals surface area (Å²) in [5, 5.41) is 6.52. The number of rotatable bonds is 12. The van der Waals surface area contributed by atoms with Crippen molar-refractivity contribution in [1.29, 1.82) is 0 Å². The first-order valence-electron chi connectivity index (χ1n) is 10.7. The predicted octanol–water partition coefficient (Wildman–Crippen LogP) is 4.65. The Bertz CT molecular complexity index is 995. The van der Waals surface area contributed by atoms with Crippen molar-refractivity contribution in [1.82, 2.24) is 9.97 Å². The van der Waals surface area contributed by atoms with Crippen molar-refractivity contribution < 1.29 is 14.2 Å². The van der Waals surface area contributed by atoms with Gasteiger partial charge < -0.3 is 30.6 Å². The van der Waals surface area contributed by atoms with Crippen molar-refractivity contribution in [3.63, 3.8) is 0 Å². The van der Waals surface area contributed by atoms with Crippen LogP contribution < -0.4 is 30.6 Å². The minimum Gasteiger partial charge on any atom is -0.494 e. The van der Waals surface area contributed by atoms with Crippen molar-refractivity contribution in [2.75, 3.05) is 43.7 Å². The number of hydrogen-bond donors (Lipinski definition) is 3. The quantitative estimate of drug-likeness (QED) is 0.352. The van der Waals surface area contributed by atoms with E-state index < -0.39 is 0 Å². The zero-order valence-electron chi connectivity index (χ0n) is 18.9. The minimum absolute atomic E-state index is 0.461. The van der Waals surface area contributed by atoms with Gasteiger partial charge in [-0.05, 0) is 54.8 Å². The molecule has 170 valence electrons. The van der Waals surface area contributed by atoms with Crippen LogP contribution in [-0.2, 0) is 6.42 Å². The zero-order chi connectivity index (χ0) is 22.8. The number of nitrogens with zero attached hydrogens (tertiary/aromatic N) is 2. The standard InChI is InChI=1S/C24H31N5O3/c1-4-5-14-32-19-9-7-18(8-10-19)29-24-22(25)23(27-16-28-24)26-13-12-17-6-11-20(30-2)21(15-17)31-3/h6-11,15-16H,4-5,12-14,25H2,1-3H3,(H2,26,27,28,29). The number of nitrogens with one attached hydrogen (secondary N) is 2. The third-order valence-corrected chi connectivity index (χ3v) is 4.92. The Balaban J connectivity index is 1.58. The van der Waals surface area contributed by atoms with Gasteiger partial charge in [-0.3, -0.25) is 0 Å². The van der Waals surface area contributed by atoms with Gasteiger partial charge in [-0.1, -0.05) is 19.4 Å². The van der Waals surface area contributed by atoms with Crippen LogP contribution in [0.5, 0.6) is 17.2 Å². The number of ether oxygens (including phenoxy) is 3. The number of methoxy groups -OCH3 is 2. The van der Waals surface area contributed by atoms with Crippen LogP contribution in [0.4, 0.5) is 23.0 Å². The second-order valence-electron chi connectivity index (χ2n) is 7.20. The maximum absolute atomic E-state index is 6.29. The Morgan fingerprint density at radius 3 is 2.41 bits per heavy atom. The molecule has 0 spiro atoms. The van der Waals surface area contributed by atoms with E-state index in [0.29, 0.717) is 35.4 Å². The summed E-state index contributed by atoms with van der Waals surface area (Å²) >= 11 is 0. The van der Waals surface area contributed by atoms with E-state index in [1.807, 2.05) is 42.5 Å². The molecule has 0 radical (unpaired) electrons. The SMILES string of the molecule is CCCCOc1ccc(Nc2ncnc(NCCc3ccc(OC)c(OC)c3)c2N)cc1. The van der Waals surface area contributed by atoms with Crippen molar-refractivity contribution in [2.45, 2.75) is 26.2 Å². The van der Waals surface area contributed by atoms with E-state index in [4.69, 9.17) is 19.9 Å². The highest BCUT2D eigenvalue weighted by molar-refractivity contribution is 5.77. The molecule has 0 saturated heterocycles. The van der Waals surface area contributed by atoms with Crippen LogP contribution in [0.1, 0.15) is 25.3 Å². The van der Waals surface area contributed by atoms with E-state index in [2.05, 4.69) is 27.5 Å². The molecule has 0 unspecified atom stereocenters. The van der Waals surface area contributed by atoms with Crippen LogP contribution in [0.2, 0.25) is 0 Å². The summed E-state index contributed by atoms with van der Waals surface area (Å²) in [6, 6.07) is 13.6. The minimum atomic E-state index is 0.461. The molecule has 8 heteroatoms. The molecule has 2 aromatic carbocycles. The summed E-state index contributed by atoms with van der Waals surface area (Å²) in [6.07, 6.45) is 4.41. The van der Waals surface area contributed by atoms with Crippen LogP contribution in [-0.4, -0.2) is 37.3 Å². The fourth-order valence-electron chi connectivity index (χ4n) is 3.10. The van der Waals surface area contributed by atoms with Crippen LogP contribution in [0.15, 0.2) is 48.8 Å². The average molecular weight is 438 g/mol. The summed E-state index contributed by atoms with van der Waals surface area (Å²) in [7, 11) is 3.25. The largest absolute Gasteiger partial charge is 0.494 e. The van der Waals surface area contributed by atoms with Crippen LogP contribution in [0, 0.1) is 0 Å². The summed E-state index contributed by atoms with van der Waals surface area (Å²) in [4.78, 5) is 8.55. The molecule has 3 rings (SSSR count). The van der Waals surface area contributed by atoms with Gasteiger partial charge in [-0.25, -0.2) is 9.97 Å². The predicted molar refractivity (Wildman–Crippen MR) is 128 cm³/mol. The Morgan fingerprint density at radius 1 is 0.938 bits per heavy atom. The van der Waals surface area contributed by atoms with Crippen molar-refractivity contribution in [3.05, 3.63) is 54.4 Å². The molecule has 0 bridgehead atoms. The van der Waals surface area contributed by atoms with Gasteiger partial charge >= 0.3 is 0 Å². The molecule has 1 heterocycles. The van der Waals surface area contributed by atoms with Gasteiger partial charge in [-0.15, -0.1) is 0 Å². The first-order valence-corrected chi connectivity index (χ1v) is 10.7. The van der Waals surface area contributed by atoms with Crippen LogP contribution in [0.3, 0.4) is 0 Å². The van der Waals surface area contributed by atoms with Gasteiger partial charge in [0.15, 0.2) is 23.1 Å². The molecule has 0 saturated carbocycles. The Hall–Kier alpha value is -3.68. The first kappa shape index (κ1) is 23.0. The van der Waals surface area contributed by atoms with E-state index in [1.165, 1.54) is 6.33 Å². The highest BCUT2D eigenvalue weighted by atomic mass is 16.5. The number of hydrogen-bond acceptors (Lipinski definition) is 8. The van der Waals surface area contributed by atoms with E-state index in [0.717, 1.165) is 42.9 Å². The molecule has 32 heavy (non-hydrogen) atoms. The first-order chi connectivity index (χ1) is 15.6. The molecular formula is C24H31N5O3. The molecular weight excluding hydrogens is 406 g/mol. The smallest absolute Gasteiger partial charge is 0.160 e. The normalized spacial score (nSPS) is 10.5. The molecule has 1 aromatic heterocycles. The lowest BCUT2D eigenvalue weighted by Crippen LogP contribution is -2.11.